The molecule has 15 heavy (non-hydrogen) atoms. The highest BCUT2D eigenvalue weighted by molar-refractivity contribution is 8.22. The second-order valence-corrected chi connectivity index (χ2v) is 5.68. The van der Waals surface area contributed by atoms with Gasteiger partial charge in [-0.1, -0.05) is 12.2 Å². The maximum atomic E-state index is 11.2. The highest BCUT2D eigenvalue weighted by Gasteiger charge is 2.21. The molecule has 0 bridgehead atoms. The molecular formula is C12H14O2S. The molecule has 1 aromatic heterocycles. The molecule has 2 nitrogen and oxygen atoms in total. The SMILES string of the molecule is CC(=O)CC(c1ccco1)[SH]1C=CC=C1. The summed E-state index contributed by atoms with van der Waals surface area (Å²) in [5.41, 5.74) is 0. The fraction of sp³-hybridized carbons (Fsp3) is 0.250. The van der Waals surface area contributed by atoms with Crippen molar-refractivity contribution in [3.63, 3.8) is 0 Å². The second kappa shape index (κ2) is 4.53. The molecule has 0 saturated carbocycles. The lowest BCUT2D eigenvalue weighted by molar-refractivity contribution is -0.117. The number of thiol groups is 1. The predicted octanol–water partition coefficient (Wildman–Crippen LogP) is 3.34. The molecule has 2 heterocycles. The first kappa shape index (κ1) is 10.3. The monoisotopic (exact) mass is 222 g/mol. The summed E-state index contributed by atoms with van der Waals surface area (Å²) in [6, 6.07) is 3.83. The molecule has 0 amide bonds. The van der Waals surface area contributed by atoms with Gasteiger partial charge in [0.15, 0.2) is 0 Å². The summed E-state index contributed by atoms with van der Waals surface area (Å²) in [5, 5.41) is 4.55. The Morgan fingerprint density at radius 1 is 1.47 bits per heavy atom. The van der Waals surface area contributed by atoms with Gasteiger partial charge < -0.3 is 4.42 Å². The van der Waals surface area contributed by atoms with Gasteiger partial charge in [-0.3, -0.25) is 4.79 Å². The van der Waals surface area contributed by atoms with Crippen molar-refractivity contribution >= 4 is 16.7 Å². The molecule has 0 N–H and O–H groups in total. The van der Waals surface area contributed by atoms with Gasteiger partial charge in [-0.25, -0.2) is 10.9 Å². The summed E-state index contributed by atoms with van der Waals surface area (Å²) in [4.78, 5) is 11.2. The Morgan fingerprint density at radius 2 is 2.20 bits per heavy atom. The van der Waals surface area contributed by atoms with E-state index in [1.54, 1.807) is 13.2 Å². The quantitative estimate of drug-likeness (QED) is 0.792. The summed E-state index contributed by atoms with van der Waals surface area (Å²) < 4.78 is 5.41. The second-order valence-electron chi connectivity index (χ2n) is 3.57. The molecule has 80 valence electrons. The normalized spacial score (nSPS) is 18.3. The molecule has 1 unspecified atom stereocenters. The smallest absolute Gasteiger partial charge is 0.131 e. The number of furan rings is 1. The third kappa shape index (κ3) is 2.42. The van der Waals surface area contributed by atoms with Gasteiger partial charge in [-0.2, -0.15) is 0 Å². The maximum Gasteiger partial charge on any atom is 0.131 e. The molecule has 0 aliphatic carbocycles. The molecule has 2 rings (SSSR count). The maximum absolute atomic E-state index is 11.2. The summed E-state index contributed by atoms with van der Waals surface area (Å²) in [5.74, 6) is 1.14. The number of hydrogen-bond donors (Lipinski definition) is 1. The van der Waals surface area contributed by atoms with Gasteiger partial charge in [-0.05, 0) is 29.9 Å². The number of hydrogen-bond acceptors (Lipinski definition) is 2. The summed E-state index contributed by atoms with van der Waals surface area (Å²) in [7, 11) is -0.367. The molecule has 0 fully saturated rings. The van der Waals surface area contributed by atoms with E-state index in [4.69, 9.17) is 4.42 Å². The average Bonchev–Trinajstić information content (AvgIpc) is 2.87. The highest BCUT2D eigenvalue weighted by Crippen LogP contribution is 2.49. The van der Waals surface area contributed by atoms with Crippen LogP contribution in [0.4, 0.5) is 0 Å². The van der Waals surface area contributed by atoms with Crippen LogP contribution in [0.25, 0.3) is 0 Å². The molecule has 0 spiro atoms. The van der Waals surface area contributed by atoms with Gasteiger partial charge in [0, 0.05) is 6.42 Å². The van der Waals surface area contributed by atoms with E-state index in [1.807, 2.05) is 24.3 Å². The lowest BCUT2D eigenvalue weighted by Gasteiger charge is -2.20. The van der Waals surface area contributed by atoms with Crippen molar-refractivity contribution in [1.29, 1.82) is 0 Å². The van der Waals surface area contributed by atoms with Crippen LogP contribution in [0.15, 0.2) is 45.8 Å². The van der Waals surface area contributed by atoms with Crippen LogP contribution >= 0.6 is 10.9 Å². The van der Waals surface area contributed by atoms with Crippen molar-refractivity contribution in [3.05, 3.63) is 47.1 Å². The molecule has 0 aromatic carbocycles. The highest BCUT2D eigenvalue weighted by atomic mass is 32.2. The number of allylic oxidation sites excluding steroid dienone is 2. The van der Waals surface area contributed by atoms with Crippen LogP contribution in [0, 0.1) is 0 Å². The van der Waals surface area contributed by atoms with Gasteiger partial charge in [0.1, 0.15) is 11.5 Å². The van der Waals surface area contributed by atoms with Crippen LogP contribution in [0.1, 0.15) is 24.4 Å². The van der Waals surface area contributed by atoms with Crippen LogP contribution in [-0.2, 0) is 4.79 Å². The summed E-state index contributed by atoms with van der Waals surface area (Å²) >= 11 is 0. The minimum Gasteiger partial charge on any atom is -0.468 e. The third-order valence-corrected chi connectivity index (χ3v) is 4.53. The van der Waals surface area contributed by atoms with E-state index in [0.29, 0.717) is 6.42 Å². The lowest BCUT2D eigenvalue weighted by Crippen LogP contribution is -2.02. The van der Waals surface area contributed by atoms with E-state index < -0.39 is 0 Å². The Kier molecular flexibility index (Phi) is 3.11. The zero-order valence-electron chi connectivity index (χ0n) is 8.59. The van der Waals surface area contributed by atoms with Crippen LogP contribution in [0.5, 0.6) is 0 Å². The predicted molar refractivity (Wildman–Crippen MR) is 64.0 cm³/mol. The van der Waals surface area contributed by atoms with Gasteiger partial charge in [0.2, 0.25) is 0 Å². The Balaban J connectivity index is 2.20. The fourth-order valence-corrected chi connectivity index (χ4v) is 3.68. The molecule has 0 radical (unpaired) electrons. The Morgan fingerprint density at radius 3 is 2.73 bits per heavy atom. The number of rotatable bonds is 4. The van der Waals surface area contributed by atoms with E-state index in [2.05, 4.69) is 10.8 Å². The van der Waals surface area contributed by atoms with Crippen molar-refractivity contribution < 1.29 is 9.21 Å². The molecule has 1 aliphatic rings. The Bertz CT molecular complexity index is 378. The van der Waals surface area contributed by atoms with Crippen LogP contribution < -0.4 is 0 Å². The van der Waals surface area contributed by atoms with Gasteiger partial charge in [-0.15, -0.1) is 0 Å². The molecular weight excluding hydrogens is 208 g/mol. The third-order valence-electron chi connectivity index (χ3n) is 2.34. The minimum atomic E-state index is -0.367. The molecule has 1 atom stereocenters. The van der Waals surface area contributed by atoms with Crippen LogP contribution in [-0.4, -0.2) is 5.78 Å². The minimum absolute atomic E-state index is 0.211. The Hall–Kier alpha value is -1.22. The fourth-order valence-electron chi connectivity index (χ4n) is 1.66. The number of carbonyl (C=O) groups is 1. The van der Waals surface area contributed by atoms with Gasteiger partial charge in [0.05, 0.1) is 11.5 Å². The Labute approximate surface area is 92.0 Å². The van der Waals surface area contributed by atoms with Crippen LogP contribution in [0.2, 0.25) is 0 Å². The topological polar surface area (TPSA) is 30.2 Å². The molecule has 1 aromatic rings. The van der Waals surface area contributed by atoms with Crippen LogP contribution in [0.3, 0.4) is 0 Å². The van der Waals surface area contributed by atoms with E-state index >= 15 is 0 Å². The molecule has 3 heteroatoms. The van der Waals surface area contributed by atoms with Crippen molar-refractivity contribution in [3.8, 4) is 0 Å². The van der Waals surface area contributed by atoms with Crippen molar-refractivity contribution in [2.24, 2.45) is 0 Å². The number of Topliss-reactive ketones (excluding diaryl/α,β-unsaturated/α-hetero) is 1. The van der Waals surface area contributed by atoms with E-state index in [1.165, 1.54) is 0 Å². The molecule has 0 saturated heterocycles. The van der Waals surface area contributed by atoms with Gasteiger partial charge >= 0.3 is 0 Å². The first-order valence-electron chi connectivity index (χ1n) is 4.92. The molecule has 1 aliphatic heterocycles. The first-order valence-corrected chi connectivity index (χ1v) is 6.47. The summed E-state index contributed by atoms with van der Waals surface area (Å²) in [6.07, 6.45) is 6.32. The average molecular weight is 222 g/mol. The number of ketones is 1. The van der Waals surface area contributed by atoms with Crippen molar-refractivity contribution in [2.45, 2.75) is 18.6 Å². The largest absolute Gasteiger partial charge is 0.468 e. The van der Waals surface area contributed by atoms with E-state index in [0.717, 1.165) is 5.76 Å². The van der Waals surface area contributed by atoms with Crippen molar-refractivity contribution in [2.75, 3.05) is 0 Å². The van der Waals surface area contributed by atoms with E-state index in [-0.39, 0.29) is 21.9 Å². The zero-order chi connectivity index (χ0) is 10.7. The zero-order valence-corrected chi connectivity index (χ0v) is 9.48. The lowest BCUT2D eigenvalue weighted by atomic mass is 10.2. The first-order chi connectivity index (χ1) is 7.27. The van der Waals surface area contributed by atoms with E-state index in [9.17, 15) is 4.79 Å². The summed E-state index contributed by atoms with van der Waals surface area (Å²) in [6.45, 7) is 1.63. The van der Waals surface area contributed by atoms with Gasteiger partial charge in [0.25, 0.3) is 0 Å². The number of carbonyl (C=O) groups excluding carboxylic acids is 1. The standard InChI is InChI=1S/C12H14O2S/c1-10(13)9-12(11-5-4-6-14-11)15-7-2-3-8-15/h2-8,12,15H,9H2,1H3. The van der Waals surface area contributed by atoms with Crippen molar-refractivity contribution in [1.82, 2.24) is 0 Å².